The van der Waals surface area contributed by atoms with Gasteiger partial charge in [-0.2, -0.15) is 5.26 Å². The molecule has 39 heavy (non-hydrogen) atoms. The summed E-state index contributed by atoms with van der Waals surface area (Å²) in [5, 5.41) is 13.7. The summed E-state index contributed by atoms with van der Waals surface area (Å²) >= 11 is 0. The quantitative estimate of drug-likeness (QED) is 0.398. The first-order chi connectivity index (χ1) is 18.9. The van der Waals surface area contributed by atoms with Crippen LogP contribution < -0.4 is 5.32 Å². The lowest BCUT2D eigenvalue weighted by Gasteiger charge is -2.41. The molecular weight excluding hydrogens is 501 g/mol. The Morgan fingerprint density at radius 3 is 2.64 bits per heavy atom. The van der Waals surface area contributed by atoms with Crippen molar-refractivity contribution in [3.8, 4) is 6.07 Å². The van der Waals surface area contributed by atoms with E-state index >= 15 is 13.2 Å². The van der Waals surface area contributed by atoms with Gasteiger partial charge in [-0.1, -0.05) is 37.5 Å². The summed E-state index contributed by atoms with van der Waals surface area (Å²) in [5.41, 5.74) is 1.32. The highest BCUT2D eigenvalue weighted by atomic mass is 19.3. The molecular formula is C30H33F3N6. The van der Waals surface area contributed by atoms with Crippen LogP contribution in [0.5, 0.6) is 0 Å². The van der Waals surface area contributed by atoms with Crippen molar-refractivity contribution < 1.29 is 13.2 Å². The third kappa shape index (κ3) is 5.19. The topological polar surface area (TPSA) is 77.7 Å². The number of fused-ring (bicyclic) bond motifs is 8. The maximum atomic E-state index is 15.4. The Balaban J connectivity index is 1.35. The molecule has 1 aromatic carbocycles. The summed E-state index contributed by atoms with van der Waals surface area (Å²) in [6.07, 6.45) is 8.67. The summed E-state index contributed by atoms with van der Waals surface area (Å²) in [4.78, 5) is 16.1. The molecule has 3 aliphatic heterocycles. The van der Waals surface area contributed by atoms with Crippen molar-refractivity contribution in [3.05, 3.63) is 58.9 Å². The third-order valence-electron chi connectivity index (χ3n) is 8.53. The Bertz CT molecular complexity index is 1410. The van der Waals surface area contributed by atoms with E-state index in [9.17, 15) is 5.26 Å². The molecule has 0 radical (unpaired) electrons. The number of aryl methyl sites for hydroxylation is 1. The minimum atomic E-state index is -3.23. The number of nitrogens with one attached hydrogen (secondary N) is 1. The number of alkyl halides is 2. The molecule has 9 heteroatoms. The van der Waals surface area contributed by atoms with Gasteiger partial charge in [0.15, 0.2) is 0 Å². The van der Waals surface area contributed by atoms with Crippen LogP contribution in [-0.2, 0) is 24.3 Å². The van der Waals surface area contributed by atoms with Gasteiger partial charge in [0.25, 0.3) is 5.92 Å². The lowest BCUT2D eigenvalue weighted by atomic mass is 9.89. The molecule has 0 spiro atoms. The van der Waals surface area contributed by atoms with E-state index in [0.29, 0.717) is 24.4 Å². The molecule has 0 atom stereocenters. The van der Waals surface area contributed by atoms with E-state index in [1.165, 1.54) is 24.5 Å². The number of nitrogens with zero attached hydrogens (tertiary/aromatic N) is 5. The summed E-state index contributed by atoms with van der Waals surface area (Å²) in [6.45, 7) is 2.21. The van der Waals surface area contributed by atoms with Crippen molar-refractivity contribution in [2.45, 2.75) is 75.7 Å². The largest absolute Gasteiger partial charge is 0.365 e. The molecule has 2 aromatic heterocycles. The monoisotopic (exact) mass is 534 g/mol. The number of nitriles is 1. The maximum Gasteiger partial charge on any atom is 0.276 e. The van der Waals surface area contributed by atoms with E-state index in [4.69, 9.17) is 4.98 Å². The Morgan fingerprint density at radius 2 is 1.85 bits per heavy atom. The van der Waals surface area contributed by atoms with Gasteiger partial charge in [0, 0.05) is 37.0 Å². The normalized spacial score (nSPS) is 24.6. The van der Waals surface area contributed by atoms with E-state index < -0.39 is 22.7 Å². The molecule has 5 heterocycles. The predicted octanol–water partition coefficient (Wildman–Crippen LogP) is 6.25. The van der Waals surface area contributed by atoms with Crippen molar-refractivity contribution >= 4 is 16.7 Å². The van der Waals surface area contributed by atoms with E-state index in [-0.39, 0.29) is 24.4 Å². The lowest BCUT2D eigenvalue weighted by Crippen LogP contribution is -2.48. The molecule has 7 rings (SSSR count). The molecule has 2 fully saturated rings. The van der Waals surface area contributed by atoms with Crippen LogP contribution in [0.3, 0.4) is 0 Å². The van der Waals surface area contributed by atoms with Crippen molar-refractivity contribution in [1.29, 1.82) is 5.26 Å². The standard InChI is InChI=1S/C30H33F3N6/c31-26-21-7-6-8-23(26)30(32,33)14-20-16-39(17-20)12-5-3-1-2-4-9-24-27-22(28(35-15-21)37-19-36-27)13-25(38-24)29(18-34)10-11-29/h6-8,13,19-20H,1-5,9-12,14-17H2,(H,35,36,37). The molecule has 6 nitrogen and oxygen atoms in total. The minimum absolute atomic E-state index is 0.00451. The van der Waals surface area contributed by atoms with E-state index in [1.807, 2.05) is 6.07 Å². The van der Waals surface area contributed by atoms with Crippen molar-refractivity contribution in [2.75, 3.05) is 25.0 Å². The number of rotatable bonds is 1. The van der Waals surface area contributed by atoms with Gasteiger partial charge in [-0.15, -0.1) is 0 Å². The van der Waals surface area contributed by atoms with Crippen LogP contribution in [0, 0.1) is 23.1 Å². The molecule has 8 bridgehead atoms. The Labute approximate surface area is 226 Å². The summed E-state index contributed by atoms with van der Waals surface area (Å²) in [6, 6.07) is 8.52. The number of pyridine rings is 1. The summed E-state index contributed by atoms with van der Waals surface area (Å²) in [5.74, 6) is -3.75. The van der Waals surface area contributed by atoms with Gasteiger partial charge in [0.2, 0.25) is 0 Å². The SMILES string of the molecule is N#CC1(c2cc3c4ncnc3c(n2)CCCCCCCN2CC(C2)CC(F)(F)c2cccc(c2F)CN4)CC1. The minimum Gasteiger partial charge on any atom is -0.365 e. The Morgan fingerprint density at radius 1 is 1.05 bits per heavy atom. The van der Waals surface area contributed by atoms with E-state index in [2.05, 4.69) is 26.3 Å². The molecule has 1 saturated heterocycles. The second-order valence-electron chi connectivity index (χ2n) is 11.5. The highest BCUT2D eigenvalue weighted by molar-refractivity contribution is 5.91. The first kappa shape index (κ1) is 26.0. The zero-order valence-electron chi connectivity index (χ0n) is 22.0. The third-order valence-corrected chi connectivity index (χ3v) is 8.53. The van der Waals surface area contributed by atoms with Crippen molar-refractivity contribution in [2.24, 2.45) is 5.92 Å². The Hall–Kier alpha value is -3.25. The number of hydrogen-bond acceptors (Lipinski definition) is 6. The smallest absolute Gasteiger partial charge is 0.276 e. The number of aromatic nitrogens is 3. The van der Waals surface area contributed by atoms with Gasteiger partial charge < -0.3 is 10.2 Å². The van der Waals surface area contributed by atoms with Crippen LogP contribution in [0.2, 0.25) is 0 Å². The van der Waals surface area contributed by atoms with Crippen LogP contribution in [-0.4, -0.2) is 39.5 Å². The lowest BCUT2D eigenvalue weighted by molar-refractivity contribution is -0.0592. The average Bonchev–Trinajstić information content (AvgIpc) is 3.71. The first-order valence-electron chi connectivity index (χ1n) is 14.1. The molecule has 4 aliphatic rings. The van der Waals surface area contributed by atoms with Gasteiger partial charge in [0.1, 0.15) is 18.0 Å². The molecule has 1 N–H and O–H groups in total. The zero-order chi connectivity index (χ0) is 27.0. The number of hydrogen-bond donors (Lipinski definition) is 1. The highest BCUT2D eigenvalue weighted by Crippen LogP contribution is 2.48. The maximum absolute atomic E-state index is 15.4. The van der Waals surface area contributed by atoms with Gasteiger partial charge >= 0.3 is 0 Å². The molecule has 3 aromatic rings. The van der Waals surface area contributed by atoms with E-state index in [0.717, 1.165) is 74.7 Å². The van der Waals surface area contributed by atoms with Crippen LogP contribution in [0.1, 0.15) is 73.9 Å². The first-order valence-corrected chi connectivity index (χ1v) is 14.1. The molecule has 0 amide bonds. The van der Waals surface area contributed by atoms with E-state index in [1.54, 1.807) is 0 Å². The molecule has 1 aliphatic carbocycles. The van der Waals surface area contributed by atoms with Gasteiger partial charge in [0.05, 0.1) is 34.0 Å². The Kier molecular flexibility index (Phi) is 6.92. The fourth-order valence-corrected chi connectivity index (χ4v) is 6.04. The highest BCUT2D eigenvalue weighted by Gasteiger charge is 2.47. The fraction of sp³-hybridized carbons (Fsp3) is 0.533. The summed E-state index contributed by atoms with van der Waals surface area (Å²) < 4.78 is 45.9. The molecule has 0 unspecified atom stereocenters. The average molecular weight is 535 g/mol. The number of anilines is 1. The van der Waals surface area contributed by atoms with Gasteiger partial charge in [-0.25, -0.2) is 23.1 Å². The van der Waals surface area contributed by atoms with Crippen LogP contribution in [0.25, 0.3) is 10.9 Å². The van der Waals surface area contributed by atoms with Crippen LogP contribution in [0.15, 0.2) is 30.6 Å². The fourth-order valence-electron chi connectivity index (χ4n) is 6.04. The molecule has 204 valence electrons. The number of halogens is 3. The zero-order valence-corrected chi connectivity index (χ0v) is 22.0. The van der Waals surface area contributed by atoms with Crippen molar-refractivity contribution in [1.82, 2.24) is 19.9 Å². The van der Waals surface area contributed by atoms with Gasteiger partial charge in [-0.3, -0.25) is 4.98 Å². The van der Waals surface area contributed by atoms with Crippen LogP contribution in [0.4, 0.5) is 19.0 Å². The van der Waals surface area contributed by atoms with Gasteiger partial charge in [-0.05, 0) is 50.6 Å². The molecule has 1 saturated carbocycles. The predicted molar refractivity (Wildman–Crippen MR) is 143 cm³/mol. The second-order valence-corrected chi connectivity index (χ2v) is 11.5. The van der Waals surface area contributed by atoms with Crippen LogP contribution >= 0.6 is 0 Å². The van der Waals surface area contributed by atoms with Crippen molar-refractivity contribution in [3.63, 3.8) is 0 Å². The second kappa shape index (κ2) is 10.4. The summed E-state index contributed by atoms with van der Waals surface area (Å²) in [7, 11) is 0. The number of benzene rings is 1.